The fourth-order valence-electron chi connectivity index (χ4n) is 2.05. The van der Waals surface area contributed by atoms with Crippen LogP contribution in [0.25, 0.3) is 0 Å². The zero-order valence-corrected chi connectivity index (χ0v) is 11.1. The summed E-state index contributed by atoms with van der Waals surface area (Å²) in [7, 11) is 0. The van der Waals surface area contributed by atoms with Gasteiger partial charge in [0.2, 0.25) is 0 Å². The van der Waals surface area contributed by atoms with E-state index in [2.05, 4.69) is 11.9 Å². The Labute approximate surface area is 105 Å². The lowest BCUT2D eigenvalue weighted by Gasteiger charge is -2.00. The number of hydrogen-bond donors (Lipinski definition) is 1. The van der Waals surface area contributed by atoms with Gasteiger partial charge >= 0.3 is 0 Å². The molecular formula is C14H26N2O. The number of rotatable bonds is 10. The van der Waals surface area contributed by atoms with Gasteiger partial charge in [0.25, 0.3) is 6.01 Å². The molecule has 0 bridgehead atoms. The van der Waals surface area contributed by atoms with Gasteiger partial charge in [0.05, 0.1) is 5.69 Å². The SMILES string of the molecule is CCCCCCCCCCCc1coc(N)n1. The monoisotopic (exact) mass is 238 g/mol. The van der Waals surface area contributed by atoms with Gasteiger partial charge in [-0.3, -0.25) is 0 Å². The van der Waals surface area contributed by atoms with Crippen molar-refractivity contribution >= 4 is 6.01 Å². The number of unbranched alkanes of at least 4 members (excludes halogenated alkanes) is 8. The highest BCUT2D eigenvalue weighted by Crippen LogP contribution is 2.12. The molecule has 3 heteroatoms. The van der Waals surface area contributed by atoms with Gasteiger partial charge in [-0.2, -0.15) is 4.98 Å². The molecule has 0 amide bonds. The van der Waals surface area contributed by atoms with Crippen LogP contribution >= 0.6 is 0 Å². The van der Waals surface area contributed by atoms with E-state index in [1.165, 1.54) is 57.8 Å². The van der Waals surface area contributed by atoms with E-state index in [4.69, 9.17) is 10.2 Å². The van der Waals surface area contributed by atoms with Crippen molar-refractivity contribution in [2.24, 2.45) is 0 Å². The molecular weight excluding hydrogens is 212 g/mol. The molecule has 1 rings (SSSR count). The number of hydrogen-bond acceptors (Lipinski definition) is 3. The van der Waals surface area contributed by atoms with Crippen LogP contribution in [-0.4, -0.2) is 4.98 Å². The number of aromatic nitrogens is 1. The lowest BCUT2D eigenvalue weighted by Crippen LogP contribution is -1.88. The third-order valence-electron chi connectivity index (χ3n) is 3.11. The fraction of sp³-hybridized carbons (Fsp3) is 0.786. The minimum absolute atomic E-state index is 0.288. The highest BCUT2D eigenvalue weighted by atomic mass is 16.4. The molecule has 0 spiro atoms. The highest BCUT2D eigenvalue weighted by molar-refractivity contribution is 5.12. The number of anilines is 1. The molecule has 1 aromatic rings. The van der Waals surface area contributed by atoms with E-state index in [0.29, 0.717) is 0 Å². The Morgan fingerprint density at radius 1 is 1.00 bits per heavy atom. The quantitative estimate of drug-likeness (QED) is 0.617. The number of aryl methyl sites for hydroxylation is 1. The van der Waals surface area contributed by atoms with Crippen molar-refractivity contribution in [3.8, 4) is 0 Å². The molecule has 98 valence electrons. The predicted molar refractivity (Wildman–Crippen MR) is 71.8 cm³/mol. The molecule has 2 N–H and O–H groups in total. The maximum atomic E-state index is 5.41. The molecule has 0 aliphatic rings. The minimum atomic E-state index is 0.288. The second-order valence-corrected chi connectivity index (χ2v) is 4.76. The summed E-state index contributed by atoms with van der Waals surface area (Å²) < 4.78 is 4.96. The Kier molecular flexibility index (Phi) is 7.52. The summed E-state index contributed by atoms with van der Waals surface area (Å²) in [5.74, 6) is 0. The average molecular weight is 238 g/mol. The first kappa shape index (κ1) is 14.1. The number of nitrogen functional groups attached to an aromatic ring is 1. The van der Waals surface area contributed by atoms with Gasteiger partial charge in [-0.05, 0) is 12.8 Å². The maximum absolute atomic E-state index is 5.41. The molecule has 0 radical (unpaired) electrons. The summed E-state index contributed by atoms with van der Waals surface area (Å²) >= 11 is 0. The first-order valence-corrected chi connectivity index (χ1v) is 7.03. The highest BCUT2D eigenvalue weighted by Gasteiger charge is 1.99. The molecule has 17 heavy (non-hydrogen) atoms. The fourth-order valence-corrected chi connectivity index (χ4v) is 2.05. The van der Waals surface area contributed by atoms with Crippen LogP contribution < -0.4 is 5.73 Å². The number of nitrogens with two attached hydrogens (primary N) is 1. The zero-order valence-electron chi connectivity index (χ0n) is 11.1. The Bertz CT molecular complexity index is 284. The van der Waals surface area contributed by atoms with E-state index in [1.807, 2.05) is 0 Å². The molecule has 3 nitrogen and oxygen atoms in total. The Morgan fingerprint density at radius 2 is 1.59 bits per heavy atom. The van der Waals surface area contributed by atoms with Crippen molar-refractivity contribution in [2.45, 2.75) is 71.1 Å². The molecule has 1 aromatic heterocycles. The molecule has 0 saturated carbocycles. The predicted octanol–water partition coefficient (Wildman–Crippen LogP) is 4.33. The molecule has 0 aliphatic heterocycles. The second-order valence-electron chi connectivity index (χ2n) is 4.76. The van der Waals surface area contributed by atoms with Crippen LogP contribution in [0.4, 0.5) is 6.01 Å². The van der Waals surface area contributed by atoms with Crippen LogP contribution in [0.3, 0.4) is 0 Å². The van der Waals surface area contributed by atoms with Crippen LogP contribution in [0, 0.1) is 0 Å². The van der Waals surface area contributed by atoms with E-state index in [1.54, 1.807) is 6.26 Å². The van der Waals surface area contributed by atoms with Gasteiger partial charge in [-0.15, -0.1) is 0 Å². The largest absolute Gasteiger partial charge is 0.432 e. The van der Waals surface area contributed by atoms with Crippen molar-refractivity contribution < 1.29 is 4.42 Å². The maximum Gasteiger partial charge on any atom is 0.292 e. The lowest BCUT2D eigenvalue weighted by molar-refractivity contribution is 0.560. The molecule has 0 aliphatic carbocycles. The summed E-state index contributed by atoms with van der Waals surface area (Å²) in [6.45, 7) is 2.26. The Morgan fingerprint density at radius 3 is 2.12 bits per heavy atom. The van der Waals surface area contributed by atoms with E-state index in [9.17, 15) is 0 Å². The smallest absolute Gasteiger partial charge is 0.292 e. The van der Waals surface area contributed by atoms with Crippen molar-refractivity contribution in [3.63, 3.8) is 0 Å². The van der Waals surface area contributed by atoms with Crippen molar-refractivity contribution in [1.29, 1.82) is 0 Å². The zero-order chi connectivity index (χ0) is 12.3. The Hall–Kier alpha value is -0.990. The van der Waals surface area contributed by atoms with Gasteiger partial charge in [0.15, 0.2) is 0 Å². The first-order valence-electron chi connectivity index (χ1n) is 7.03. The van der Waals surface area contributed by atoms with Crippen molar-refractivity contribution in [2.75, 3.05) is 5.73 Å². The summed E-state index contributed by atoms with van der Waals surface area (Å²) in [5, 5.41) is 0. The summed E-state index contributed by atoms with van der Waals surface area (Å²) in [5.41, 5.74) is 6.40. The number of nitrogens with zero attached hydrogens (tertiary/aromatic N) is 1. The Balaban J connectivity index is 1.84. The third kappa shape index (κ3) is 7.03. The second kappa shape index (κ2) is 9.08. The van der Waals surface area contributed by atoms with Crippen LogP contribution in [0.2, 0.25) is 0 Å². The summed E-state index contributed by atoms with van der Waals surface area (Å²) in [6.07, 6.45) is 14.8. The van der Waals surface area contributed by atoms with Gasteiger partial charge in [-0.1, -0.05) is 58.3 Å². The van der Waals surface area contributed by atoms with E-state index in [0.717, 1.165) is 12.1 Å². The van der Waals surface area contributed by atoms with Gasteiger partial charge in [-0.25, -0.2) is 0 Å². The summed E-state index contributed by atoms with van der Waals surface area (Å²) in [4.78, 5) is 4.09. The van der Waals surface area contributed by atoms with Crippen molar-refractivity contribution in [1.82, 2.24) is 4.98 Å². The van der Waals surface area contributed by atoms with Gasteiger partial charge in [0, 0.05) is 0 Å². The van der Waals surface area contributed by atoms with Crippen molar-refractivity contribution in [3.05, 3.63) is 12.0 Å². The molecule has 1 heterocycles. The average Bonchev–Trinajstić information content (AvgIpc) is 2.73. The van der Waals surface area contributed by atoms with E-state index < -0.39 is 0 Å². The topological polar surface area (TPSA) is 52.0 Å². The number of oxazole rings is 1. The molecule has 0 saturated heterocycles. The first-order chi connectivity index (χ1) is 8.33. The molecule has 0 aromatic carbocycles. The molecule has 0 unspecified atom stereocenters. The lowest BCUT2D eigenvalue weighted by atomic mass is 10.1. The van der Waals surface area contributed by atoms with Crippen LogP contribution in [-0.2, 0) is 6.42 Å². The van der Waals surface area contributed by atoms with Crippen LogP contribution in [0.1, 0.15) is 70.4 Å². The van der Waals surface area contributed by atoms with Crippen LogP contribution in [0.5, 0.6) is 0 Å². The summed E-state index contributed by atoms with van der Waals surface area (Å²) in [6, 6.07) is 0.288. The standard InChI is InChI=1S/C14H26N2O/c1-2-3-4-5-6-7-8-9-10-11-13-12-17-14(15)16-13/h12H,2-11H2,1H3,(H2,15,16). The molecule has 0 fully saturated rings. The van der Waals surface area contributed by atoms with E-state index >= 15 is 0 Å². The third-order valence-corrected chi connectivity index (χ3v) is 3.11. The van der Waals surface area contributed by atoms with Gasteiger partial charge < -0.3 is 10.2 Å². The normalized spacial score (nSPS) is 10.9. The van der Waals surface area contributed by atoms with Gasteiger partial charge in [0.1, 0.15) is 6.26 Å². The minimum Gasteiger partial charge on any atom is -0.432 e. The molecule has 0 atom stereocenters. The van der Waals surface area contributed by atoms with Crippen LogP contribution in [0.15, 0.2) is 10.7 Å². The van der Waals surface area contributed by atoms with E-state index in [-0.39, 0.29) is 6.01 Å².